The zero-order chi connectivity index (χ0) is 27.9. The van der Waals surface area contributed by atoms with Crippen LogP contribution in [0.4, 0.5) is 0 Å². The number of phenols is 1. The fourth-order valence-electron chi connectivity index (χ4n) is 5.15. The van der Waals surface area contributed by atoms with Crippen molar-refractivity contribution in [3.63, 3.8) is 0 Å². The first-order chi connectivity index (χ1) is 17.4. The number of rotatable bonds is 17. The molecule has 4 heteroatoms. The van der Waals surface area contributed by atoms with Crippen molar-refractivity contribution >= 4 is 11.9 Å². The van der Waals surface area contributed by atoms with Crippen molar-refractivity contribution in [1.29, 1.82) is 0 Å². The maximum absolute atomic E-state index is 12.9. The predicted molar refractivity (Wildman–Crippen MR) is 155 cm³/mol. The summed E-state index contributed by atoms with van der Waals surface area (Å²) < 4.78 is 5.24. The normalized spacial score (nSPS) is 12.1. The van der Waals surface area contributed by atoms with Gasteiger partial charge in [-0.05, 0) is 34.9 Å². The lowest BCUT2D eigenvalue weighted by Gasteiger charge is -2.32. The van der Waals surface area contributed by atoms with Crippen LogP contribution in [0.1, 0.15) is 173 Å². The van der Waals surface area contributed by atoms with Crippen LogP contribution in [0.2, 0.25) is 0 Å². The second-order valence-electron chi connectivity index (χ2n) is 12.8. The number of phenolic OH excluding ortho intramolecular Hbond substituents is 1. The Kier molecular flexibility index (Phi) is 15.1. The highest BCUT2D eigenvalue weighted by molar-refractivity contribution is 5.98. The van der Waals surface area contributed by atoms with Crippen molar-refractivity contribution in [2.24, 2.45) is 0 Å². The van der Waals surface area contributed by atoms with E-state index in [1.54, 1.807) is 6.07 Å². The molecular formula is C33H56O4. The zero-order valence-corrected chi connectivity index (χ0v) is 25.1. The molecule has 0 fully saturated rings. The molecule has 37 heavy (non-hydrogen) atoms. The maximum atomic E-state index is 12.9. The molecule has 0 spiro atoms. The lowest BCUT2D eigenvalue weighted by atomic mass is 9.72. The number of hydrogen-bond donors (Lipinski definition) is 1. The molecule has 0 atom stereocenters. The molecule has 0 aromatic heterocycles. The summed E-state index contributed by atoms with van der Waals surface area (Å²) in [5, 5.41) is 10.6. The molecular weight excluding hydrogens is 460 g/mol. The quantitative estimate of drug-likeness (QED) is 0.127. The second-order valence-corrected chi connectivity index (χ2v) is 12.8. The Bertz CT molecular complexity index is 811. The van der Waals surface area contributed by atoms with Gasteiger partial charge in [0.25, 0.3) is 0 Å². The van der Waals surface area contributed by atoms with Crippen LogP contribution >= 0.6 is 0 Å². The van der Waals surface area contributed by atoms with E-state index in [0.717, 1.165) is 30.4 Å². The fraction of sp³-hybridized carbons (Fsp3) is 0.758. The third-order valence-electron chi connectivity index (χ3n) is 7.09. The van der Waals surface area contributed by atoms with E-state index in [1.165, 1.54) is 83.1 Å². The van der Waals surface area contributed by atoms with Crippen molar-refractivity contribution in [2.75, 3.05) is 0 Å². The summed E-state index contributed by atoms with van der Waals surface area (Å²) in [4.78, 5) is 25.3. The third-order valence-corrected chi connectivity index (χ3v) is 7.09. The average molecular weight is 517 g/mol. The first kappa shape index (κ1) is 33.2. The first-order valence-electron chi connectivity index (χ1n) is 15.0. The molecule has 0 amide bonds. The highest BCUT2D eigenvalue weighted by atomic mass is 16.6. The second kappa shape index (κ2) is 16.9. The van der Waals surface area contributed by atoms with Crippen LogP contribution in [0.15, 0.2) is 12.1 Å². The summed E-state index contributed by atoms with van der Waals surface area (Å²) in [5.41, 5.74) is 1.07. The van der Waals surface area contributed by atoms with Gasteiger partial charge in [0.15, 0.2) is 0 Å². The topological polar surface area (TPSA) is 63.6 Å². The van der Waals surface area contributed by atoms with Crippen LogP contribution < -0.4 is 0 Å². The Morgan fingerprint density at radius 3 is 1.46 bits per heavy atom. The molecule has 1 rings (SSSR count). The molecule has 1 aromatic carbocycles. The van der Waals surface area contributed by atoms with Crippen LogP contribution in [-0.4, -0.2) is 17.0 Å². The van der Waals surface area contributed by atoms with Crippen molar-refractivity contribution in [3.8, 4) is 5.75 Å². The summed E-state index contributed by atoms with van der Waals surface area (Å²) in [5.74, 6) is -0.926. The van der Waals surface area contributed by atoms with Crippen molar-refractivity contribution in [3.05, 3.63) is 28.8 Å². The average Bonchev–Trinajstić information content (AvgIpc) is 2.79. The molecule has 0 heterocycles. The van der Waals surface area contributed by atoms with Crippen LogP contribution in [0, 0.1) is 0 Å². The van der Waals surface area contributed by atoms with Gasteiger partial charge in [-0.15, -0.1) is 0 Å². The minimum Gasteiger partial charge on any atom is -0.508 e. The lowest BCUT2D eigenvalue weighted by molar-refractivity contribution is -0.138. The third kappa shape index (κ3) is 13.0. The lowest BCUT2D eigenvalue weighted by Crippen LogP contribution is -2.26. The maximum Gasteiger partial charge on any atom is 0.346 e. The number of hydrogen-bond acceptors (Lipinski definition) is 4. The van der Waals surface area contributed by atoms with Crippen LogP contribution in [0.25, 0.3) is 0 Å². The van der Waals surface area contributed by atoms with Gasteiger partial charge in [0.1, 0.15) is 5.75 Å². The van der Waals surface area contributed by atoms with Gasteiger partial charge in [-0.2, -0.15) is 0 Å². The van der Waals surface area contributed by atoms with Crippen LogP contribution in [0.3, 0.4) is 0 Å². The van der Waals surface area contributed by atoms with Gasteiger partial charge in [0.2, 0.25) is 0 Å². The van der Waals surface area contributed by atoms with E-state index in [1.807, 2.05) is 41.5 Å². The summed E-state index contributed by atoms with van der Waals surface area (Å²) >= 11 is 0. The van der Waals surface area contributed by atoms with Gasteiger partial charge in [-0.25, -0.2) is 4.79 Å². The molecule has 0 bridgehead atoms. The Hall–Kier alpha value is -1.84. The van der Waals surface area contributed by atoms with Crippen LogP contribution in [-0.2, 0) is 20.4 Å². The number of unbranched alkanes of at least 4 members (excludes halogenated alkanes) is 14. The Labute approximate surface area is 228 Å². The van der Waals surface area contributed by atoms with E-state index in [9.17, 15) is 14.7 Å². The zero-order valence-electron chi connectivity index (χ0n) is 25.1. The summed E-state index contributed by atoms with van der Waals surface area (Å²) in [6.45, 7) is 14.3. The van der Waals surface area contributed by atoms with Crippen LogP contribution in [0.5, 0.6) is 5.75 Å². The van der Waals surface area contributed by atoms with Crippen molar-refractivity contribution in [2.45, 2.75) is 162 Å². The summed E-state index contributed by atoms with van der Waals surface area (Å²) in [6.07, 6.45) is 19.3. The molecule has 1 aromatic rings. The van der Waals surface area contributed by atoms with Crippen molar-refractivity contribution in [1.82, 2.24) is 0 Å². The minimum atomic E-state index is -0.624. The minimum absolute atomic E-state index is 0.165. The van der Waals surface area contributed by atoms with Gasteiger partial charge in [0.05, 0.1) is 5.56 Å². The Balaban J connectivity index is 2.32. The molecule has 4 nitrogen and oxygen atoms in total. The van der Waals surface area contributed by atoms with Crippen molar-refractivity contribution < 1.29 is 19.4 Å². The highest BCUT2D eigenvalue weighted by Gasteiger charge is 2.33. The Morgan fingerprint density at radius 2 is 1.05 bits per heavy atom. The van der Waals surface area contributed by atoms with Gasteiger partial charge < -0.3 is 9.84 Å². The summed E-state index contributed by atoms with van der Waals surface area (Å²) in [7, 11) is 0. The van der Waals surface area contributed by atoms with E-state index in [2.05, 4.69) is 6.92 Å². The van der Waals surface area contributed by atoms with E-state index >= 15 is 0 Å². The first-order valence-corrected chi connectivity index (χ1v) is 15.0. The molecule has 0 unspecified atom stereocenters. The molecule has 0 aliphatic heterocycles. The SMILES string of the molecule is CCCCCCCCCCCCCCCCCC(=O)OC(=O)c1ccc(O)c(C(C)(C)C)c1C(C)(C)C. The number of esters is 2. The highest BCUT2D eigenvalue weighted by Crippen LogP contribution is 2.41. The van der Waals surface area contributed by atoms with Gasteiger partial charge in [-0.1, -0.05) is 138 Å². The number of aromatic hydroxyl groups is 1. The molecule has 0 radical (unpaired) electrons. The monoisotopic (exact) mass is 516 g/mol. The number of carbonyl (C=O) groups is 2. The predicted octanol–water partition coefficient (Wildman–Crippen LogP) is 9.93. The summed E-state index contributed by atoms with van der Waals surface area (Å²) in [6, 6.07) is 3.11. The largest absolute Gasteiger partial charge is 0.508 e. The molecule has 0 aliphatic rings. The van der Waals surface area contributed by atoms with E-state index in [0.29, 0.717) is 5.56 Å². The molecule has 0 aliphatic carbocycles. The smallest absolute Gasteiger partial charge is 0.346 e. The molecule has 1 N–H and O–H groups in total. The molecule has 0 saturated carbocycles. The molecule has 0 saturated heterocycles. The number of carbonyl (C=O) groups excluding carboxylic acids is 2. The standard InChI is InChI=1S/C33H56O4/c1-8-9-10-11-12-13-14-15-16-17-18-19-20-21-22-23-28(35)37-31(36)26-24-25-27(34)30(33(5,6)7)29(26)32(2,3)4/h24-25,34H,8-23H2,1-7H3. The fourth-order valence-corrected chi connectivity index (χ4v) is 5.15. The van der Waals surface area contributed by atoms with Gasteiger partial charge in [-0.3, -0.25) is 4.79 Å². The number of benzene rings is 1. The van der Waals surface area contributed by atoms with E-state index in [4.69, 9.17) is 4.74 Å². The number of ether oxygens (including phenoxy) is 1. The Morgan fingerprint density at radius 1 is 0.649 bits per heavy atom. The molecule has 212 valence electrons. The van der Waals surface area contributed by atoms with Gasteiger partial charge in [0, 0.05) is 12.0 Å². The van der Waals surface area contributed by atoms with E-state index < -0.39 is 17.4 Å². The van der Waals surface area contributed by atoms with Gasteiger partial charge >= 0.3 is 11.9 Å². The van der Waals surface area contributed by atoms with E-state index in [-0.39, 0.29) is 17.6 Å².